The lowest BCUT2D eigenvalue weighted by Gasteiger charge is -2.43. The van der Waals surface area contributed by atoms with Crippen LogP contribution in [0.3, 0.4) is 0 Å². The second-order valence-electron chi connectivity index (χ2n) is 4.70. The lowest BCUT2D eigenvalue weighted by Crippen LogP contribution is -2.57. The van der Waals surface area contributed by atoms with E-state index in [1.54, 1.807) is 14.2 Å². The van der Waals surface area contributed by atoms with Crippen molar-refractivity contribution in [1.82, 2.24) is 0 Å². The molecule has 0 heterocycles. The van der Waals surface area contributed by atoms with Gasteiger partial charge in [-0.15, -0.1) is 0 Å². The molecule has 4 nitrogen and oxygen atoms in total. The lowest BCUT2D eigenvalue weighted by molar-refractivity contribution is 0.0579. The number of methoxy groups -OCH3 is 2. The van der Waals surface area contributed by atoms with Gasteiger partial charge in [0.15, 0.2) is 0 Å². The molecule has 4 heteroatoms. The molecule has 0 amide bonds. The van der Waals surface area contributed by atoms with Gasteiger partial charge in [0.1, 0.15) is 5.75 Å². The summed E-state index contributed by atoms with van der Waals surface area (Å²) in [6.45, 7) is 4.64. The summed E-state index contributed by atoms with van der Waals surface area (Å²) in [4.78, 5) is 2.14. The van der Waals surface area contributed by atoms with Gasteiger partial charge in [-0.1, -0.05) is 6.07 Å². The van der Waals surface area contributed by atoms with Crippen LogP contribution in [0.4, 0.5) is 5.69 Å². The van der Waals surface area contributed by atoms with Crippen LogP contribution >= 0.6 is 0 Å². The summed E-state index contributed by atoms with van der Waals surface area (Å²) in [5.41, 5.74) is 6.74. The van der Waals surface area contributed by atoms with Gasteiger partial charge in [0.2, 0.25) is 0 Å². The average Bonchev–Trinajstić information content (AvgIpc) is 2.44. The van der Waals surface area contributed by atoms with Gasteiger partial charge < -0.3 is 20.1 Å². The number of benzene rings is 1. The predicted molar refractivity (Wildman–Crippen MR) is 75.3 cm³/mol. The largest absolute Gasteiger partial charge is 0.497 e. The van der Waals surface area contributed by atoms with Gasteiger partial charge in [-0.25, -0.2) is 0 Å². The molecule has 0 fully saturated rings. The lowest BCUT2D eigenvalue weighted by atomic mass is 9.93. The summed E-state index contributed by atoms with van der Waals surface area (Å²) in [6, 6.07) is 7.94. The van der Waals surface area contributed by atoms with E-state index >= 15 is 0 Å². The van der Waals surface area contributed by atoms with Crippen molar-refractivity contribution in [2.45, 2.75) is 25.5 Å². The highest BCUT2D eigenvalue weighted by molar-refractivity contribution is 5.52. The Hall–Kier alpha value is -1.26. The van der Waals surface area contributed by atoms with Crippen LogP contribution in [0.5, 0.6) is 5.75 Å². The summed E-state index contributed by atoms with van der Waals surface area (Å²) < 4.78 is 10.7. The van der Waals surface area contributed by atoms with E-state index in [4.69, 9.17) is 15.2 Å². The molecule has 102 valence electrons. The number of nitrogens with zero attached hydrogens (tertiary/aromatic N) is 1. The van der Waals surface area contributed by atoms with E-state index in [0.717, 1.165) is 11.4 Å². The zero-order valence-electron chi connectivity index (χ0n) is 11.9. The first kappa shape index (κ1) is 14.8. The molecule has 2 unspecified atom stereocenters. The summed E-state index contributed by atoms with van der Waals surface area (Å²) in [5.74, 6) is 0.837. The van der Waals surface area contributed by atoms with Crippen LogP contribution in [0.2, 0.25) is 0 Å². The molecule has 0 spiro atoms. The summed E-state index contributed by atoms with van der Waals surface area (Å²) in [7, 11) is 5.40. The Kier molecular flexibility index (Phi) is 4.99. The maximum atomic E-state index is 5.94. The molecule has 1 aromatic rings. The quantitative estimate of drug-likeness (QED) is 0.840. The standard InChI is InChI=1S/C14H24N2O2/c1-11(17-4)14(2,10-15)16(3)12-7-6-8-13(9-12)18-5/h6-9,11H,10,15H2,1-5H3. The average molecular weight is 252 g/mol. The number of ether oxygens (including phenoxy) is 2. The maximum absolute atomic E-state index is 5.94. The minimum Gasteiger partial charge on any atom is -0.497 e. The van der Waals surface area contributed by atoms with Crippen molar-refractivity contribution in [2.24, 2.45) is 5.73 Å². The van der Waals surface area contributed by atoms with Crippen LogP contribution in [0.1, 0.15) is 13.8 Å². The van der Waals surface area contributed by atoms with E-state index in [0.29, 0.717) is 6.54 Å². The normalized spacial score (nSPS) is 15.9. The fourth-order valence-electron chi connectivity index (χ4n) is 1.94. The van der Waals surface area contributed by atoms with Crippen molar-refractivity contribution in [3.63, 3.8) is 0 Å². The number of nitrogens with two attached hydrogens (primary N) is 1. The Labute approximate surface area is 110 Å². The Morgan fingerprint density at radius 3 is 2.56 bits per heavy atom. The number of hydrogen-bond acceptors (Lipinski definition) is 4. The van der Waals surface area contributed by atoms with Gasteiger partial charge in [-0.05, 0) is 26.0 Å². The fraction of sp³-hybridized carbons (Fsp3) is 0.571. The predicted octanol–water partition coefficient (Wildman–Crippen LogP) is 1.88. The number of anilines is 1. The first-order valence-corrected chi connectivity index (χ1v) is 6.10. The van der Waals surface area contributed by atoms with Gasteiger partial charge in [0.25, 0.3) is 0 Å². The summed E-state index contributed by atoms with van der Waals surface area (Å²) >= 11 is 0. The first-order chi connectivity index (χ1) is 8.49. The zero-order chi connectivity index (χ0) is 13.8. The van der Waals surface area contributed by atoms with Crippen molar-refractivity contribution in [3.05, 3.63) is 24.3 Å². The van der Waals surface area contributed by atoms with Gasteiger partial charge >= 0.3 is 0 Å². The molecule has 18 heavy (non-hydrogen) atoms. The minimum atomic E-state index is -0.263. The molecule has 0 saturated heterocycles. The highest BCUT2D eigenvalue weighted by Crippen LogP contribution is 2.28. The van der Waals surface area contributed by atoms with Crippen LogP contribution in [0, 0.1) is 0 Å². The molecular formula is C14H24N2O2. The highest BCUT2D eigenvalue weighted by atomic mass is 16.5. The summed E-state index contributed by atoms with van der Waals surface area (Å²) in [6.07, 6.45) is 0.0266. The summed E-state index contributed by atoms with van der Waals surface area (Å²) in [5, 5.41) is 0. The van der Waals surface area contributed by atoms with Crippen molar-refractivity contribution >= 4 is 5.69 Å². The van der Waals surface area contributed by atoms with Crippen molar-refractivity contribution in [1.29, 1.82) is 0 Å². The van der Waals surface area contributed by atoms with Gasteiger partial charge in [-0.2, -0.15) is 0 Å². The molecule has 0 aliphatic carbocycles. The monoisotopic (exact) mass is 252 g/mol. The first-order valence-electron chi connectivity index (χ1n) is 6.10. The third-order valence-electron chi connectivity index (χ3n) is 3.85. The topological polar surface area (TPSA) is 47.7 Å². The molecule has 1 aromatic carbocycles. The number of hydrogen-bond donors (Lipinski definition) is 1. The minimum absolute atomic E-state index is 0.0266. The fourth-order valence-corrected chi connectivity index (χ4v) is 1.94. The number of likely N-dealkylation sites (N-methyl/N-ethyl adjacent to an activating group) is 1. The zero-order valence-corrected chi connectivity index (χ0v) is 11.9. The molecule has 0 aliphatic heterocycles. The third-order valence-corrected chi connectivity index (χ3v) is 3.85. The molecule has 2 atom stereocenters. The molecule has 0 bridgehead atoms. The SMILES string of the molecule is COc1cccc(N(C)C(C)(CN)C(C)OC)c1. The van der Waals surface area contributed by atoms with Crippen LogP contribution in [0.15, 0.2) is 24.3 Å². The van der Waals surface area contributed by atoms with E-state index in [1.807, 2.05) is 38.2 Å². The third kappa shape index (κ3) is 2.76. The smallest absolute Gasteiger partial charge is 0.120 e. The van der Waals surface area contributed by atoms with E-state index < -0.39 is 0 Å². The van der Waals surface area contributed by atoms with E-state index in [1.165, 1.54) is 0 Å². The van der Waals surface area contributed by atoms with E-state index in [2.05, 4.69) is 11.8 Å². The van der Waals surface area contributed by atoms with Crippen molar-refractivity contribution in [2.75, 3.05) is 32.7 Å². The molecule has 0 saturated carbocycles. The Balaban J connectivity index is 3.06. The van der Waals surface area contributed by atoms with Crippen LogP contribution in [-0.4, -0.2) is 39.5 Å². The van der Waals surface area contributed by atoms with Crippen LogP contribution < -0.4 is 15.4 Å². The van der Waals surface area contributed by atoms with E-state index in [-0.39, 0.29) is 11.6 Å². The molecule has 0 radical (unpaired) electrons. The van der Waals surface area contributed by atoms with E-state index in [9.17, 15) is 0 Å². The van der Waals surface area contributed by atoms with Crippen LogP contribution in [0.25, 0.3) is 0 Å². The Morgan fingerprint density at radius 2 is 2.06 bits per heavy atom. The Morgan fingerprint density at radius 1 is 1.39 bits per heavy atom. The van der Waals surface area contributed by atoms with Crippen LogP contribution in [-0.2, 0) is 4.74 Å². The van der Waals surface area contributed by atoms with Gasteiger partial charge in [0.05, 0.1) is 18.8 Å². The van der Waals surface area contributed by atoms with Gasteiger partial charge in [-0.3, -0.25) is 0 Å². The highest BCUT2D eigenvalue weighted by Gasteiger charge is 2.34. The number of rotatable bonds is 6. The van der Waals surface area contributed by atoms with Crippen molar-refractivity contribution in [3.8, 4) is 5.75 Å². The maximum Gasteiger partial charge on any atom is 0.120 e. The molecule has 0 aromatic heterocycles. The van der Waals surface area contributed by atoms with Gasteiger partial charge in [0, 0.05) is 32.5 Å². The molecule has 1 rings (SSSR count). The molecule has 0 aliphatic rings. The second kappa shape index (κ2) is 6.07. The molecule has 2 N–H and O–H groups in total. The van der Waals surface area contributed by atoms with Crippen molar-refractivity contribution < 1.29 is 9.47 Å². The Bertz CT molecular complexity index is 384. The second-order valence-corrected chi connectivity index (χ2v) is 4.70. The molecular weight excluding hydrogens is 228 g/mol.